The van der Waals surface area contributed by atoms with E-state index in [0.717, 1.165) is 31.2 Å². The molecule has 2 unspecified atom stereocenters. The number of alkyl halides is 6. The molecule has 34 heavy (non-hydrogen) atoms. The molecule has 2 atom stereocenters. The first-order valence-corrected chi connectivity index (χ1v) is 12.2. The van der Waals surface area contributed by atoms with Crippen LogP contribution in [0.1, 0.15) is 68.9 Å². The molecule has 3 aliphatic rings. The lowest BCUT2D eigenvalue weighted by Crippen LogP contribution is -2.38. The number of ether oxygens (including phenoxy) is 1. The largest absolute Gasteiger partial charge is 0.490 e. The van der Waals surface area contributed by atoms with Crippen LogP contribution in [0.3, 0.4) is 0 Å². The highest BCUT2D eigenvalue weighted by atomic mass is 19.4. The van der Waals surface area contributed by atoms with Crippen molar-refractivity contribution in [2.75, 3.05) is 0 Å². The third kappa shape index (κ3) is 4.62. The molecule has 2 nitrogen and oxygen atoms in total. The van der Waals surface area contributed by atoms with E-state index in [0.29, 0.717) is 24.0 Å². The average Bonchev–Trinajstić information content (AvgIpc) is 2.98. The van der Waals surface area contributed by atoms with Crippen molar-refractivity contribution in [3.8, 4) is 5.75 Å². The summed E-state index contributed by atoms with van der Waals surface area (Å²) in [4.78, 5) is 2.45. The lowest BCUT2D eigenvalue weighted by molar-refractivity contribution is -0.185. The number of piperidine rings is 1. The van der Waals surface area contributed by atoms with Gasteiger partial charge in [0, 0.05) is 18.6 Å². The standard InChI is InChI=1S/C26H29F6NO/c27-25(28,29)17-7-11-20(12-8-17)34-23-14-13-21-16(3-1-6-22(21)24(23)26(30,31)32)15-33-18-4-2-5-19(33)10-9-18/h1,3,6,13-14,17-20H,2,4-5,7-12,15H2. The van der Waals surface area contributed by atoms with Gasteiger partial charge in [-0.25, -0.2) is 0 Å². The van der Waals surface area contributed by atoms with Crippen molar-refractivity contribution < 1.29 is 31.1 Å². The Morgan fingerprint density at radius 2 is 1.44 bits per heavy atom. The molecule has 2 aliphatic heterocycles. The first-order chi connectivity index (χ1) is 16.1. The van der Waals surface area contributed by atoms with Gasteiger partial charge in [-0.1, -0.05) is 30.7 Å². The second-order valence-corrected chi connectivity index (χ2v) is 10.1. The number of nitrogens with zero attached hydrogens (tertiary/aromatic N) is 1. The molecule has 0 radical (unpaired) electrons. The van der Waals surface area contributed by atoms with Gasteiger partial charge in [0.05, 0.1) is 12.0 Å². The van der Waals surface area contributed by atoms with E-state index >= 15 is 0 Å². The van der Waals surface area contributed by atoms with Gasteiger partial charge in [-0.05, 0) is 73.8 Å². The Kier molecular flexibility index (Phi) is 6.23. The third-order valence-electron chi connectivity index (χ3n) is 8.03. The second-order valence-electron chi connectivity index (χ2n) is 10.1. The van der Waals surface area contributed by atoms with Gasteiger partial charge >= 0.3 is 12.4 Å². The molecular weight excluding hydrogens is 456 g/mol. The first kappa shape index (κ1) is 23.8. The lowest BCUT2D eigenvalue weighted by Gasteiger charge is -2.35. The Bertz CT molecular complexity index is 1010. The topological polar surface area (TPSA) is 12.5 Å². The van der Waals surface area contributed by atoms with E-state index in [4.69, 9.17) is 4.74 Å². The number of hydrogen-bond acceptors (Lipinski definition) is 2. The van der Waals surface area contributed by atoms with Crippen LogP contribution in [-0.4, -0.2) is 29.3 Å². The molecule has 1 aliphatic carbocycles. The Hall–Kier alpha value is -1.96. The molecule has 3 fully saturated rings. The summed E-state index contributed by atoms with van der Waals surface area (Å²) in [5.41, 5.74) is 0.0467. The number of fused-ring (bicyclic) bond motifs is 3. The minimum atomic E-state index is -4.64. The molecule has 0 N–H and O–H groups in total. The fraction of sp³-hybridized carbons (Fsp3) is 0.615. The van der Waals surface area contributed by atoms with E-state index < -0.39 is 29.9 Å². The minimum absolute atomic E-state index is 0.0934. The minimum Gasteiger partial charge on any atom is -0.490 e. The van der Waals surface area contributed by atoms with Crippen LogP contribution >= 0.6 is 0 Å². The maximum absolute atomic E-state index is 14.2. The van der Waals surface area contributed by atoms with E-state index in [-0.39, 0.29) is 36.8 Å². The Morgan fingerprint density at radius 1 is 0.765 bits per heavy atom. The van der Waals surface area contributed by atoms with Crippen molar-refractivity contribution in [1.29, 1.82) is 0 Å². The zero-order valence-corrected chi connectivity index (χ0v) is 18.9. The molecule has 2 heterocycles. The Balaban J connectivity index is 1.43. The Labute approximate surface area is 195 Å². The van der Waals surface area contributed by atoms with Gasteiger partial charge in [-0.15, -0.1) is 0 Å². The quantitative estimate of drug-likeness (QED) is 0.409. The summed E-state index contributed by atoms with van der Waals surface area (Å²) in [7, 11) is 0. The highest BCUT2D eigenvalue weighted by Gasteiger charge is 2.43. The predicted octanol–water partition coefficient (Wildman–Crippen LogP) is 7.88. The highest BCUT2D eigenvalue weighted by Crippen LogP contribution is 2.45. The van der Waals surface area contributed by atoms with Gasteiger partial charge < -0.3 is 4.74 Å². The van der Waals surface area contributed by atoms with Crippen LogP contribution in [-0.2, 0) is 12.7 Å². The third-order valence-corrected chi connectivity index (χ3v) is 8.03. The Morgan fingerprint density at radius 3 is 2.06 bits per heavy atom. The maximum Gasteiger partial charge on any atom is 0.420 e. The molecular formula is C26H29F6NO. The van der Waals surface area contributed by atoms with Gasteiger partial charge in [0.25, 0.3) is 0 Å². The van der Waals surface area contributed by atoms with Crippen LogP contribution in [0.25, 0.3) is 10.8 Å². The van der Waals surface area contributed by atoms with Crippen molar-refractivity contribution in [3.63, 3.8) is 0 Å². The summed E-state index contributed by atoms with van der Waals surface area (Å²) in [6.07, 6.45) is -3.81. The number of benzene rings is 2. The van der Waals surface area contributed by atoms with Crippen LogP contribution < -0.4 is 4.74 Å². The fourth-order valence-electron chi connectivity index (χ4n) is 6.30. The van der Waals surface area contributed by atoms with E-state index in [1.165, 1.54) is 18.6 Å². The molecule has 2 bridgehead atoms. The zero-order valence-electron chi connectivity index (χ0n) is 18.9. The van der Waals surface area contributed by atoms with Crippen molar-refractivity contribution in [2.24, 2.45) is 5.92 Å². The first-order valence-electron chi connectivity index (χ1n) is 12.2. The number of hydrogen-bond donors (Lipinski definition) is 0. The van der Waals surface area contributed by atoms with Gasteiger partial charge in [0.1, 0.15) is 11.3 Å². The second kappa shape index (κ2) is 8.92. The summed E-state index contributed by atoms with van der Waals surface area (Å²) in [5, 5.41) is 0.656. The summed E-state index contributed by atoms with van der Waals surface area (Å²) in [5.74, 6) is -1.69. The fourth-order valence-corrected chi connectivity index (χ4v) is 6.30. The molecule has 0 aromatic heterocycles. The summed E-state index contributed by atoms with van der Waals surface area (Å²) < 4.78 is 87.3. The van der Waals surface area contributed by atoms with Crippen molar-refractivity contribution in [1.82, 2.24) is 4.90 Å². The molecule has 2 saturated heterocycles. The van der Waals surface area contributed by atoms with Crippen LogP contribution in [0.2, 0.25) is 0 Å². The average molecular weight is 486 g/mol. The molecule has 186 valence electrons. The summed E-state index contributed by atoms with van der Waals surface area (Å²) in [6, 6.07) is 9.08. The van der Waals surface area contributed by atoms with E-state index in [1.807, 2.05) is 6.07 Å². The van der Waals surface area contributed by atoms with Crippen LogP contribution in [0.15, 0.2) is 30.3 Å². The number of rotatable bonds is 4. The summed E-state index contributed by atoms with van der Waals surface area (Å²) in [6.45, 7) is 0.631. The monoisotopic (exact) mass is 485 g/mol. The molecule has 8 heteroatoms. The van der Waals surface area contributed by atoms with Crippen molar-refractivity contribution in [3.05, 3.63) is 41.5 Å². The predicted molar refractivity (Wildman–Crippen MR) is 118 cm³/mol. The highest BCUT2D eigenvalue weighted by molar-refractivity contribution is 5.91. The van der Waals surface area contributed by atoms with Gasteiger partial charge in [0.15, 0.2) is 0 Å². The van der Waals surface area contributed by atoms with E-state index in [2.05, 4.69) is 4.90 Å². The smallest absolute Gasteiger partial charge is 0.420 e. The lowest BCUT2D eigenvalue weighted by atomic mass is 9.87. The van der Waals surface area contributed by atoms with Gasteiger partial charge in [0.2, 0.25) is 0 Å². The van der Waals surface area contributed by atoms with Crippen LogP contribution in [0.5, 0.6) is 5.75 Å². The van der Waals surface area contributed by atoms with Gasteiger partial charge in [-0.2, -0.15) is 26.3 Å². The molecule has 2 aromatic rings. The van der Waals surface area contributed by atoms with Gasteiger partial charge in [-0.3, -0.25) is 4.90 Å². The number of halogens is 6. The molecule has 5 rings (SSSR count). The zero-order chi connectivity index (χ0) is 24.1. The van der Waals surface area contributed by atoms with Crippen molar-refractivity contribution >= 4 is 10.8 Å². The van der Waals surface area contributed by atoms with E-state index in [9.17, 15) is 26.3 Å². The summed E-state index contributed by atoms with van der Waals surface area (Å²) >= 11 is 0. The SMILES string of the molecule is FC(F)(F)c1c(OC2CCC(C(F)(F)F)CC2)ccc2c(CN3C4CCCC3CC4)cccc12. The molecule has 0 amide bonds. The van der Waals surface area contributed by atoms with Crippen LogP contribution in [0, 0.1) is 5.92 Å². The van der Waals surface area contributed by atoms with E-state index in [1.54, 1.807) is 12.1 Å². The normalized spacial score (nSPS) is 28.4. The van der Waals surface area contributed by atoms with Crippen molar-refractivity contribution in [2.45, 2.75) is 94.9 Å². The molecule has 2 aromatic carbocycles. The van der Waals surface area contributed by atoms with Crippen LogP contribution in [0.4, 0.5) is 26.3 Å². The molecule has 0 spiro atoms. The molecule has 1 saturated carbocycles. The maximum atomic E-state index is 14.2.